The molecule has 7 nitrogen and oxygen atoms in total. The molecule has 0 aliphatic carbocycles. The maximum atomic E-state index is 12.0. The van der Waals surface area contributed by atoms with Gasteiger partial charge in [-0.15, -0.1) is 0 Å². The Bertz CT molecular complexity index is 1580. The predicted molar refractivity (Wildman–Crippen MR) is 141 cm³/mol. The summed E-state index contributed by atoms with van der Waals surface area (Å²) < 4.78 is 6.06. The third-order valence-corrected chi connectivity index (χ3v) is 6.16. The number of benzene rings is 4. The lowest BCUT2D eigenvalue weighted by Gasteiger charge is -2.10. The Kier molecular flexibility index (Phi) is 6.28. The number of anilines is 2. The van der Waals surface area contributed by atoms with E-state index in [1.54, 1.807) is 18.2 Å². The SMILES string of the molecule is NC(=O)c1cccc(Nc2cccc3c(CCCOc4cccc5ccccc45)c(C(=O)O)[nH]c23)c1. The van der Waals surface area contributed by atoms with Crippen LogP contribution in [0.2, 0.25) is 0 Å². The topological polar surface area (TPSA) is 117 Å². The molecular formula is C29H25N3O4. The molecule has 0 bridgehead atoms. The van der Waals surface area contributed by atoms with E-state index in [0.717, 1.165) is 27.5 Å². The van der Waals surface area contributed by atoms with Crippen molar-refractivity contribution in [1.82, 2.24) is 4.98 Å². The number of aromatic amines is 1. The summed E-state index contributed by atoms with van der Waals surface area (Å²) in [4.78, 5) is 26.7. The minimum Gasteiger partial charge on any atom is -0.493 e. The second kappa shape index (κ2) is 9.84. The van der Waals surface area contributed by atoms with E-state index in [0.29, 0.717) is 41.9 Å². The number of carbonyl (C=O) groups excluding carboxylic acids is 1. The first-order chi connectivity index (χ1) is 17.5. The van der Waals surface area contributed by atoms with Crippen LogP contribution < -0.4 is 15.8 Å². The van der Waals surface area contributed by atoms with E-state index < -0.39 is 11.9 Å². The van der Waals surface area contributed by atoms with Crippen molar-refractivity contribution in [1.29, 1.82) is 0 Å². The lowest BCUT2D eigenvalue weighted by Crippen LogP contribution is -2.10. The van der Waals surface area contributed by atoms with Crippen molar-refractivity contribution in [3.8, 4) is 5.75 Å². The smallest absolute Gasteiger partial charge is 0.352 e. The summed E-state index contributed by atoms with van der Waals surface area (Å²) in [7, 11) is 0. The van der Waals surface area contributed by atoms with Gasteiger partial charge in [-0.25, -0.2) is 4.79 Å². The molecule has 0 aliphatic rings. The number of carbonyl (C=O) groups is 2. The van der Waals surface area contributed by atoms with Crippen LogP contribution >= 0.6 is 0 Å². The van der Waals surface area contributed by atoms with Crippen LogP contribution in [0.5, 0.6) is 5.75 Å². The van der Waals surface area contributed by atoms with Gasteiger partial charge in [0.15, 0.2) is 0 Å². The summed E-state index contributed by atoms with van der Waals surface area (Å²) in [6, 6.07) is 26.5. The first kappa shape index (κ1) is 23.0. The number of nitrogens with one attached hydrogen (secondary N) is 2. The first-order valence-electron chi connectivity index (χ1n) is 11.7. The summed E-state index contributed by atoms with van der Waals surface area (Å²) in [5.41, 5.74) is 8.74. The van der Waals surface area contributed by atoms with E-state index in [1.165, 1.54) is 0 Å². The van der Waals surface area contributed by atoms with Gasteiger partial charge < -0.3 is 25.9 Å². The number of hydrogen-bond donors (Lipinski definition) is 4. The normalized spacial score (nSPS) is 11.0. The molecule has 0 aliphatic heterocycles. The maximum absolute atomic E-state index is 12.0. The van der Waals surface area contributed by atoms with Crippen molar-refractivity contribution in [3.05, 3.63) is 102 Å². The monoisotopic (exact) mass is 479 g/mol. The Hall–Kier alpha value is -4.78. The van der Waals surface area contributed by atoms with Crippen LogP contribution in [0.4, 0.5) is 11.4 Å². The summed E-state index contributed by atoms with van der Waals surface area (Å²) in [5, 5.41) is 16.1. The van der Waals surface area contributed by atoms with Gasteiger partial charge in [-0.05, 0) is 54.1 Å². The molecule has 1 amide bonds. The number of aromatic nitrogens is 1. The lowest BCUT2D eigenvalue weighted by atomic mass is 10.0. The molecule has 5 N–H and O–H groups in total. The van der Waals surface area contributed by atoms with Gasteiger partial charge in [-0.2, -0.15) is 0 Å². The zero-order valence-corrected chi connectivity index (χ0v) is 19.5. The molecule has 0 radical (unpaired) electrons. The minimum absolute atomic E-state index is 0.162. The minimum atomic E-state index is -1.02. The molecule has 0 saturated carbocycles. The number of carboxylic acids is 1. The Balaban J connectivity index is 1.37. The summed E-state index contributed by atoms with van der Waals surface area (Å²) in [6.07, 6.45) is 1.18. The highest BCUT2D eigenvalue weighted by atomic mass is 16.5. The highest BCUT2D eigenvalue weighted by Crippen LogP contribution is 2.32. The van der Waals surface area contributed by atoms with Gasteiger partial charge in [-0.1, -0.05) is 54.6 Å². The summed E-state index contributed by atoms with van der Waals surface area (Å²) >= 11 is 0. The Morgan fingerprint density at radius 2 is 1.67 bits per heavy atom. The zero-order valence-electron chi connectivity index (χ0n) is 19.5. The third kappa shape index (κ3) is 4.59. The van der Waals surface area contributed by atoms with E-state index in [9.17, 15) is 14.7 Å². The molecule has 180 valence electrons. The van der Waals surface area contributed by atoms with Crippen molar-refractivity contribution < 1.29 is 19.4 Å². The van der Waals surface area contributed by atoms with Gasteiger partial charge in [0.1, 0.15) is 11.4 Å². The number of amides is 1. The molecule has 1 aromatic heterocycles. The number of nitrogens with two attached hydrogens (primary N) is 1. The van der Waals surface area contributed by atoms with E-state index in [4.69, 9.17) is 10.5 Å². The molecule has 5 rings (SSSR count). The number of H-pyrrole nitrogens is 1. The van der Waals surface area contributed by atoms with Gasteiger partial charge >= 0.3 is 5.97 Å². The molecule has 0 saturated heterocycles. The van der Waals surface area contributed by atoms with Crippen LogP contribution in [0.1, 0.15) is 32.8 Å². The van der Waals surface area contributed by atoms with Gasteiger partial charge in [0.2, 0.25) is 5.91 Å². The second-order valence-electron chi connectivity index (χ2n) is 8.51. The second-order valence-corrected chi connectivity index (χ2v) is 8.51. The quantitative estimate of drug-likeness (QED) is 0.197. The van der Waals surface area contributed by atoms with Crippen molar-refractivity contribution in [2.45, 2.75) is 12.8 Å². The van der Waals surface area contributed by atoms with Crippen LogP contribution in [0, 0.1) is 0 Å². The number of fused-ring (bicyclic) bond motifs is 2. The Morgan fingerprint density at radius 3 is 2.50 bits per heavy atom. The highest BCUT2D eigenvalue weighted by Gasteiger charge is 2.19. The van der Waals surface area contributed by atoms with Gasteiger partial charge in [-0.3, -0.25) is 4.79 Å². The Morgan fingerprint density at radius 1 is 0.917 bits per heavy atom. The molecule has 7 heteroatoms. The van der Waals surface area contributed by atoms with Crippen LogP contribution in [-0.4, -0.2) is 28.6 Å². The molecule has 5 aromatic rings. The highest BCUT2D eigenvalue weighted by molar-refractivity contribution is 6.02. The number of para-hydroxylation sites is 1. The van der Waals surface area contributed by atoms with Crippen molar-refractivity contribution in [2.24, 2.45) is 5.73 Å². The standard InChI is InChI=1S/C29H25N3O4/c30-28(33)19-9-3-10-20(17-19)31-24-14-5-12-22-23(27(29(34)35)32-26(22)24)13-6-16-36-25-15-4-8-18-7-1-2-11-21(18)25/h1-5,7-12,14-15,17,31-32H,6,13,16H2,(H2,30,33)(H,34,35). The van der Waals surface area contributed by atoms with Gasteiger partial charge in [0, 0.05) is 22.0 Å². The Labute approximate surface area is 207 Å². The van der Waals surface area contributed by atoms with Crippen LogP contribution in [0.3, 0.4) is 0 Å². The first-order valence-corrected chi connectivity index (χ1v) is 11.7. The zero-order chi connectivity index (χ0) is 25.1. The molecule has 0 unspecified atom stereocenters. The average molecular weight is 480 g/mol. The van der Waals surface area contributed by atoms with Crippen LogP contribution in [-0.2, 0) is 6.42 Å². The number of ether oxygens (including phenoxy) is 1. The molecule has 0 spiro atoms. The summed E-state index contributed by atoms with van der Waals surface area (Å²) in [5.74, 6) is -0.717. The number of carboxylic acid groups (broad SMARTS) is 1. The number of aryl methyl sites for hydroxylation is 1. The fourth-order valence-electron chi connectivity index (χ4n) is 4.48. The number of primary amides is 1. The number of hydrogen-bond acceptors (Lipinski definition) is 4. The fourth-order valence-corrected chi connectivity index (χ4v) is 4.48. The molecule has 36 heavy (non-hydrogen) atoms. The molecule has 1 heterocycles. The van der Waals surface area contributed by atoms with Crippen LogP contribution in [0.25, 0.3) is 21.7 Å². The van der Waals surface area contributed by atoms with Gasteiger partial charge in [0.05, 0.1) is 17.8 Å². The van der Waals surface area contributed by atoms with Crippen molar-refractivity contribution >= 4 is 44.9 Å². The van der Waals surface area contributed by atoms with E-state index >= 15 is 0 Å². The molecular weight excluding hydrogens is 454 g/mol. The van der Waals surface area contributed by atoms with Crippen LogP contribution in [0.15, 0.2) is 84.9 Å². The largest absolute Gasteiger partial charge is 0.493 e. The number of rotatable bonds is 9. The fraction of sp³-hybridized carbons (Fsp3) is 0.103. The lowest BCUT2D eigenvalue weighted by molar-refractivity contribution is 0.0690. The summed E-state index contributed by atoms with van der Waals surface area (Å²) in [6.45, 7) is 0.456. The molecule has 4 aromatic carbocycles. The predicted octanol–water partition coefficient (Wildman–Crippen LogP) is 5.87. The average Bonchev–Trinajstić information content (AvgIpc) is 3.27. The van der Waals surface area contributed by atoms with E-state index in [1.807, 2.05) is 66.7 Å². The van der Waals surface area contributed by atoms with Crippen molar-refractivity contribution in [2.75, 3.05) is 11.9 Å². The van der Waals surface area contributed by atoms with Gasteiger partial charge in [0.25, 0.3) is 0 Å². The molecule has 0 atom stereocenters. The maximum Gasteiger partial charge on any atom is 0.352 e. The third-order valence-electron chi connectivity index (χ3n) is 6.16. The molecule has 0 fully saturated rings. The van der Waals surface area contributed by atoms with E-state index in [-0.39, 0.29) is 5.69 Å². The number of aromatic carboxylic acids is 1. The van der Waals surface area contributed by atoms with E-state index in [2.05, 4.69) is 10.3 Å². The van der Waals surface area contributed by atoms with Crippen molar-refractivity contribution in [3.63, 3.8) is 0 Å².